The molecule has 0 bridgehead atoms. The fourth-order valence-corrected chi connectivity index (χ4v) is 1.94. The van der Waals surface area contributed by atoms with E-state index in [2.05, 4.69) is 5.32 Å². The van der Waals surface area contributed by atoms with Gasteiger partial charge in [0.05, 0.1) is 5.75 Å². The van der Waals surface area contributed by atoms with Crippen molar-refractivity contribution in [2.75, 3.05) is 12.3 Å². The molecule has 0 spiro atoms. The van der Waals surface area contributed by atoms with Crippen LogP contribution in [-0.4, -0.2) is 32.5 Å². The first-order chi connectivity index (χ1) is 8.79. The van der Waals surface area contributed by atoms with E-state index >= 15 is 0 Å². The highest BCUT2D eigenvalue weighted by atomic mass is 32.2. The summed E-state index contributed by atoms with van der Waals surface area (Å²) in [4.78, 5) is 22.7. The molecule has 0 heterocycles. The first kappa shape index (κ1) is 15.1. The van der Waals surface area contributed by atoms with Gasteiger partial charge in [-0.1, -0.05) is 6.07 Å². The monoisotopic (exact) mass is 285 g/mol. The normalized spacial score (nSPS) is 11.0. The average molecular weight is 285 g/mol. The second kappa shape index (κ2) is 6.30. The molecule has 19 heavy (non-hydrogen) atoms. The third-order valence-corrected chi connectivity index (χ3v) is 3.16. The quantitative estimate of drug-likeness (QED) is 0.590. The molecule has 0 atom stereocenters. The molecule has 0 aliphatic rings. The van der Waals surface area contributed by atoms with Crippen LogP contribution in [0.2, 0.25) is 0 Å². The summed E-state index contributed by atoms with van der Waals surface area (Å²) in [5, 5.41) is 7.35. The molecule has 0 aliphatic heterocycles. The summed E-state index contributed by atoms with van der Waals surface area (Å²) in [6.45, 7) is 0.177. The number of carbonyl (C=O) groups excluding carboxylic acids is 2. The summed E-state index contributed by atoms with van der Waals surface area (Å²) in [6.07, 6.45) is 0.222. The van der Waals surface area contributed by atoms with E-state index in [0.717, 1.165) is 0 Å². The van der Waals surface area contributed by atoms with Crippen molar-refractivity contribution >= 4 is 21.8 Å². The Morgan fingerprint density at radius 2 is 1.84 bits per heavy atom. The molecule has 5 N–H and O–H groups in total. The van der Waals surface area contributed by atoms with Crippen LogP contribution in [0.15, 0.2) is 24.3 Å². The number of carbonyl (C=O) groups is 2. The van der Waals surface area contributed by atoms with Crippen molar-refractivity contribution in [2.24, 2.45) is 10.9 Å². The van der Waals surface area contributed by atoms with Crippen molar-refractivity contribution in [1.29, 1.82) is 0 Å². The Hall–Kier alpha value is -1.93. The third-order valence-electron chi connectivity index (χ3n) is 2.30. The number of nitrogens with two attached hydrogens (primary N) is 2. The highest BCUT2D eigenvalue weighted by Gasteiger charge is 2.08. The van der Waals surface area contributed by atoms with E-state index < -0.39 is 21.8 Å². The van der Waals surface area contributed by atoms with Crippen LogP contribution in [0.1, 0.15) is 27.1 Å². The number of primary sulfonamides is 1. The van der Waals surface area contributed by atoms with Crippen molar-refractivity contribution in [3.63, 3.8) is 0 Å². The Morgan fingerprint density at radius 1 is 1.21 bits per heavy atom. The van der Waals surface area contributed by atoms with E-state index in [1.165, 1.54) is 18.2 Å². The smallest absolute Gasteiger partial charge is 0.251 e. The van der Waals surface area contributed by atoms with Crippen molar-refractivity contribution in [3.8, 4) is 0 Å². The van der Waals surface area contributed by atoms with Gasteiger partial charge in [-0.3, -0.25) is 9.59 Å². The molecule has 1 aromatic rings. The van der Waals surface area contributed by atoms with Gasteiger partial charge >= 0.3 is 0 Å². The van der Waals surface area contributed by atoms with E-state index in [1.54, 1.807) is 6.07 Å². The summed E-state index contributed by atoms with van der Waals surface area (Å²) in [7, 11) is -3.52. The maximum atomic E-state index is 11.7. The highest BCUT2D eigenvalue weighted by molar-refractivity contribution is 7.89. The second-order valence-corrected chi connectivity index (χ2v) is 5.66. The zero-order valence-corrected chi connectivity index (χ0v) is 10.9. The number of primary amides is 1. The molecule has 7 nitrogen and oxygen atoms in total. The lowest BCUT2D eigenvalue weighted by Gasteiger charge is -2.05. The Bertz CT molecular complexity index is 583. The van der Waals surface area contributed by atoms with E-state index in [4.69, 9.17) is 10.9 Å². The molecule has 0 saturated carbocycles. The molecule has 1 rings (SSSR count). The van der Waals surface area contributed by atoms with Gasteiger partial charge in [-0.2, -0.15) is 0 Å². The minimum Gasteiger partial charge on any atom is -0.366 e. The van der Waals surface area contributed by atoms with Crippen molar-refractivity contribution in [3.05, 3.63) is 35.4 Å². The zero-order chi connectivity index (χ0) is 14.5. The summed E-state index contributed by atoms with van der Waals surface area (Å²) in [5.74, 6) is -1.23. The van der Waals surface area contributed by atoms with Crippen LogP contribution >= 0.6 is 0 Å². The van der Waals surface area contributed by atoms with Gasteiger partial charge in [0, 0.05) is 17.7 Å². The standard InChI is InChI=1S/C11H15N3O4S/c12-10(15)8-3-1-4-9(7-8)11(16)14-5-2-6-19(13,17)18/h1,3-4,7H,2,5-6H2,(H2,12,15)(H,14,16)(H2,13,17,18). The Labute approximate surface area is 111 Å². The van der Waals surface area contributed by atoms with Gasteiger partial charge in [-0.15, -0.1) is 0 Å². The molecule has 0 radical (unpaired) electrons. The van der Waals surface area contributed by atoms with E-state index in [-0.39, 0.29) is 29.8 Å². The molecule has 104 valence electrons. The van der Waals surface area contributed by atoms with Crippen LogP contribution in [0.4, 0.5) is 0 Å². The molecule has 0 saturated heterocycles. The van der Waals surface area contributed by atoms with E-state index in [9.17, 15) is 18.0 Å². The number of hydrogen-bond acceptors (Lipinski definition) is 4. The van der Waals surface area contributed by atoms with Gasteiger partial charge in [0.2, 0.25) is 15.9 Å². The van der Waals surface area contributed by atoms with Crippen molar-refractivity contribution in [2.45, 2.75) is 6.42 Å². The average Bonchev–Trinajstić information content (AvgIpc) is 2.33. The van der Waals surface area contributed by atoms with E-state index in [0.29, 0.717) is 0 Å². The van der Waals surface area contributed by atoms with Gasteiger partial charge in [0.25, 0.3) is 5.91 Å². The number of benzene rings is 1. The maximum Gasteiger partial charge on any atom is 0.251 e. The lowest BCUT2D eigenvalue weighted by Crippen LogP contribution is -2.27. The van der Waals surface area contributed by atoms with Gasteiger partial charge in [-0.05, 0) is 24.6 Å². The predicted molar refractivity (Wildman–Crippen MR) is 69.9 cm³/mol. The Balaban J connectivity index is 2.54. The topological polar surface area (TPSA) is 132 Å². The summed E-state index contributed by atoms with van der Waals surface area (Å²) in [5.41, 5.74) is 5.62. The number of sulfonamides is 1. The van der Waals surface area contributed by atoms with Crippen LogP contribution in [0.3, 0.4) is 0 Å². The third kappa shape index (κ3) is 5.49. The van der Waals surface area contributed by atoms with Crippen LogP contribution in [0.25, 0.3) is 0 Å². The summed E-state index contributed by atoms with van der Waals surface area (Å²) in [6, 6.07) is 5.94. The first-order valence-electron chi connectivity index (χ1n) is 5.48. The molecular weight excluding hydrogens is 270 g/mol. The Kier molecular flexibility index (Phi) is 5.02. The summed E-state index contributed by atoms with van der Waals surface area (Å²) >= 11 is 0. The van der Waals surface area contributed by atoms with Crippen LogP contribution < -0.4 is 16.2 Å². The van der Waals surface area contributed by atoms with Crippen LogP contribution in [-0.2, 0) is 10.0 Å². The molecule has 0 fully saturated rings. The molecular formula is C11H15N3O4S. The lowest BCUT2D eigenvalue weighted by molar-refractivity contribution is 0.0953. The highest BCUT2D eigenvalue weighted by Crippen LogP contribution is 2.04. The largest absolute Gasteiger partial charge is 0.366 e. The van der Waals surface area contributed by atoms with Gasteiger partial charge in [0.15, 0.2) is 0 Å². The minimum absolute atomic E-state index is 0.177. The molecule has 0 aliphatic carbocycles. The van der Waals surface area contributed by atoms with Gasteiger partial charge in [-0.25, -0.2) is 13.6 Å². The number of rotatable bonds is 6. The predicted octanol–water partition coefficient (Wildman–Crippen LogP) is -0.806. The fraction of sp³-hybridized carbons (Fsp3) is 0.273. The lowest BCUT2D eigenvalue weighted by atomic mass is 10.1. The molecule has 8 heteroatoms. The van der Waals surface area contributed by atoms with Crippen molar-refractivity contribution in [1.82, 2.24) is 5.32 Å². The molecule has 1 aromatic carbocycles. The summed E-state index contributed by atoms with van der Waals surface area (Å²) < 4.78 is 21.4. The SMILES string of the molecule is NC(=O)c1cccc(C(=O)NCCCS(N)(=O)=O)c1. The van der Waals surface area contributed by atoms with Gasteiger partial charge < -0.3 is 11.1 Å². The second-order valence-electron chi connectivity index (χ2n) is 3.92. The van der Waals surface area contributed by atoms with E-state index in [1.807, 2.05) is 0 Å². The molecule has 0 unspecified atom stereocenters. The molecule has 2 amide bonds. The maximum absolute atomic E-state index is 11.7. The zero-order valence-electron chi connectivity index (χ0n) is 10.1. The number of amides is 2. The fourth-order valence-electron chi connectivity index (χ4n) is 1.39. The van der Waals surface area contributed by atoms with Crippen molar-refractivity contribution < 1.29 is 18.0 Å². The number of nitrogens with one attached hydrogen (secondary N) is 1. The first-order valence-corrected chi connectivity index (χ1v) is 7.19. The van der Waals surface area contributed by atoms with Crippen LogP contribution in [0, 0.1) is 0 Å². The minimum atomic E-state index is -3.52. The molecule has 0 aromatic heterocycles. The number of hydrogen-bond donors (Lipinski definition) is 3. The van der Waals surface area contributed by atoms with Crippen LogP contribution in [0.5, 0.6) is 0 Å². The Morgan fingerprint density at radius 3 is 2.42 bits per heavy atom. The van der Waals surface area contributed by atoms with Gasteiger partial charge in [0.1, 0.15) is 0 Å².